The summed E-state index contributed by atoms with van der Waals surface area (Å²) in [6, 6.07) is 0. The van der Waals surface area contributed by atoms with Crippen LogP contribution in [0.15, 0.2) is 11.1 Å². The SMILES string of the molecule is CC(=O)C#CC1=C(C)CC(O)CC1(C)C. The second-order valence-electron chi connectivity index (χ2n) is 4.91. The van der Waals surface area contributed by atoms with Crippen molar-refractivity contribution in [3.63, 3.8) is 0 Å². The zero-order chi connectivity index (χ0) is 11.6. The molecule has 1 unspecified atom stereocenters. The topological polar surface area (TPSA) is 37.3 Å². The minimum Gasteiger partial charge on any atom is -0.393 e. The van der Waals surface area contributed by atoms with E-state index in [1.165, 1.54) is 6.92 Å². The third-order valence-corrected chi connectivity index (χ3v) is 2.75. The minimum absolute atomic E-state index is 0.114. The molecule has 0 aromatic heterocycles. The maximum atomic E-state index is 10.8. The van der Waals surface area contributed by atoms with E-state index in [2.05, 4.69) is 25.7 Å². The van der Waals surface area contributed by atoms with Gasteiger partial charge in [0, 0.05) is 17.9 Å². The number of ketones is 1. The molecule has 0 spiro atoms. The lowest BCUT2D eigenvalue weighted by molar-refractivity contribution is -0.111. The van der Waals surface area contributed by atoms with Gasteiger partial charge in [0.25, 0.3) is 0 Å². The van der Waals surface area contributed by atoms with Gasteiger partial charge < -0.3 is 5.11 Å². The number of aliphatic hydroxyl groups excluding tert-OH is 1. The van der Waals surface area contributed by atoms with Crippen LogP contribution in [0.25, 0.3) is 0 Å². The van der Waals surface area contributed by atoms with Crippen molar-refractivity contribution in [2.24, 2.45) is 5.41 Å². The van der Waals surface area contributed by atoms with Crippen molar-refractivity contribution in [3.05, 3.63) is 11.1 Å². The van der Waals surface area contributed by atoms with Gasteiger partial charge in [-0.25, -0.2) is 0 Å². The highest BCUT2D eigenvalue weighted by atomic mass is 16.3. The van der Waals surface area contributed by atoms with Gasteiger partial charge in [-0.3, -0.25) is 4.79 Å². The molecule has 0 radical (unpaired) electrons. The predicted octanol–water partition coefficient (Wildman–Crippen LogP) is 2.08. The number of hydrogen-bond donors (Lipinski definition) is 1. The van der Waals surface area contributed by atoms with Gasteiger partial charge in [-0.1, -0.05) is 25.3 Å². The number of hydrogen-bond acceptors (Lipinski definition) is 2. The van der Waals surface area contributed by atoms with Crippen molar-refractivity contribution < 1.29 is 9.90 Å². The van der Waals surface area contributed by atoms with E-state index < -0.39 is 0 Å². The van der Waals surface area contributed by atoms with Crippen molar-refractivity contribution in [2.45, 2.75) is 46.6 Å². The van der Waals surface area contributed by atoms with Gasteiger partial charge in [-0.05, 0) is 25.7 Å². The molecule has 1 aliphatic rings. The summed E-state index contributed by atoms with van der Waals surface area (Å²) in [5.74, 6) is 5.42. The number of aliphatic hydroxyl groups is 1. The van der Waals surface area contributed by atoms with Crippen LogP contribution >= 0.6 is 0 Å². The molecular weight excluding hydrogens is 188 g/mol. The second-order valence-corrected chi connectivity index (χ2v) is 4.91. The van der Waals surface area contributed by atoms with Crippen LogP contribution in [0.2, 0.25) is 0 Å². The first-order valence-corrected chi connectivity index (χ1v) is 5.24. The molecular formula is C13H18O2. The van der Waals surface area contributed by atoms with Gasteiger partial charge in [-0.15, -0.1) is 0 Å². The van der Waals surface area contributed by atoms with Crippen molar-refractivity contribution >= 4 is 5.78 Å². The molecule has 1 atom stereocenters. The minimum atomic E-state index is -0.275. The number of carbonyl (C=O) groups excluding carboxylic acids is 1. The number of Topliss-reactive ketones (excluding diaryl/α,β-unsaturated/α-hetero) is 1. The van der Waals surface area contributed by atoms with Gasteiger partial charge in [-0.2, -0.15) is 0 Å². The largest absolute Gasteiger partial charge is 0.393 e. The maximum Gasteiger partial charge on any atom is 0.202 e. The molecule has 0 fully saturated rings. The van der Waals surface area contributed by atoms with Crippen LogP contribution in [-0.2, 0) is 4.79 Å². The van der Waals surface area contributed by atoms with Gasteiger partial charge in [0.1, 0.15) is 0 Å². The van der Waals surface area contributed by atoms with Crippen LogP contribution in [0.4, 0.5) is 0 Å². The fourth-order valence-electron chi connectivity index (χ4n) is 2.22. The summed E-state index contributed by atoms with van der Waals surface area (Å²) in [5.41, 5.74) is 2.00. The fraction of sp³-hybridized carbons (Fsp3) is 0.615. The molecule has 1 aliphatic carbocycles. The van der Waals surface area contributed by atoms with E-state index in [4.69, 9.17) is 0 Å². The molecule has 0 saturated heterocycles. The first kappa shape index (κ1) is 12.0. The molecule has 0 saturated carbocycles. The molecule has 82 valence electrons. The van der Waals surface area contributed by atoms with E-state index >= 15 is 0 Å². The summed E-state index contributed by atoms with van der Waals surface area (Å²) in [7, 11) is 0. The van der Waals surface area contributed by atoms with Crippen LogP contribution in [-0.4, -0.2) is 17.0 Å². The third-order valence-electron chi connectivity index (χ3n) is 2.75. The second kappa shape index (κ2) is 4.20. The Bertz CT molecular complexity index is 364. The van der Waals surface area contributed by atoms with E-state index in [1.54, 1.807) is 0 Å². The molecule has 0 bridgehead atoms. The highest BCUT2D eigenvalue weighted by Gasteiger charge is 2.31. The molecule has 0 aromatic carbocycles. The fourth-order valence-corrected chi connectivity index (χ4v) is 2.22. The van der Waals surface area contributed by atoms with Crippen molar-refractivity contribution in [1.82, 2.24) is 0 Å². The van der Waals surface area contributed by atoms with Crippen molar-refractivity contribution in [2.75, 3.05) is 0 Å². The Hall–Kier alpha value is -1.07. The Labute approximate surface area is 91.4 Å². The molecule has 1 rings (SSSR count). The van der Waals surface area contributed by atoms with Crippen LogP contribution < -0.4 is 0 Å². The summed E-state index contributed by atoms with van der Waals surface area (Å²) in [4.78, 5) is 10.8. The number of allylic oxidation sites excluding steroid dienone is 1. The highest BCUT2D eigenvalue weighted by Crippen LogP contribution is 2.39. The predicted molar refractivity (Wildman–Crippen MR) is 60.2 cm³/mol. The van der Waals surface area contributed by atoms with Crippen LogP contribution in [0.3, 0.4) is 0 Å². The van der Waals surface area contributed by atoms with Crippen LogP contribution in [0, 0.1) is 17.3 Å². The summed E-state index contributed by atoms with van der Waals surface area (Å²) < 4.78 is 0. The average molecular weight is 206 g/mol. The quantitative estimate of drug-likeness (QED) is 0.486. The molecule has 2 heteroatoms. The first-order valence-electron chi connectivity index (χ1n) is 5.24. The molecule has 0 aromatic rings. The Morgan fingerprint density at radius 3 is 2.60 bits per heavy atom. The average Bonchev–Trinajstić information content (AvgIpc) is 1.98. The van der Waals surface area contributed by atoms with E-state index in [9.17, 15) is 9.90 Å². The molecule has 0 aliphatic heterocycles. The lowest BCUT2D eigenvalue weighted by Gasteiger charge is -2.34. The summed E-state index contributed by atoms with van der Waals surface area (Å²) in [6.07, 6.45) is 1.11. The third kappa shape index (κ3) is 2.94. The first-order chi connectivity index (χ1) is 6.83. The molecule has 0 amide bonds. The van der Waals surface area contributed by atoms with E-state index in [0.717, 1.165) is 11.1 Å². The summed E-state index contributed by atoms with van der Waals surface area (Å²) in [6.45, 7) is 7.56. The summed E-state index contributed by atoms with van der Waals surface area (Å²) >= 11 is 0. The van der Waals surface area contributed by atoms with Gasteiger partial charge >= 0.3 is 0 Å². The van der Waals surface area contributed by atoms with E-state index in [-0.39, 0.29) is 17.3 Å². The Balaban J connectivity index is 3.08. The van der Waals surface area contributed by atoms with E-state index in [0.29, 0.717) is 12.8 Å². The standard InChI is InChI=1S/C13H18O2/c1-9-7-11(15)8-13(3,4)12(9)6-5-10(2)14/h11,15H,7-8H2,1-4H3. The lowest BCUT2D eigenvalue weighted by atomic mass is 9.72. The zero-order valence-corrected chi connectivity index (χ0v) is 9.85. The van der Waals surface area contributed by atoms with Crippen molar-refractivity contribution in [1.29, 1.82) is 0 Å². The zero-order valence-electron chi connectivity index (χ0n) is 9.85. The normalized spacial score (nSPS) is 24.5. The smallest absolute Gasteiger partial charge is 0.202 e. The lowest BCUT2D eigenvalue weighted by Crippen LogP contribution is -2.28. The molecule has 15 heavy (non-hydrogen) atoms. The molecule has 0 heterocycles. The van der Waals surface area contributed by atoms with Crippen molar-refractivity contribution in [3.8, 4) is 11.8 Å². The van der Waals surface area contributed by atoms with Gasteiger partial charge in [0.15, 0.2) is 0 Å². The Morgan fingerprint density at radius 1 is 1.53 bits per heavy atom. The van der Waals surface area contributed by atoms with E-state index in [1.807, 2.05) is 6.92 Å². The van der Waals surface area contributed by atoms with Crippen LogP contribution in [0.5, 0.6) is 0 Å². The number of carbonyl (C=O) groups is 1. The summed E-state index contributed by atoms with van der Waals surface area (Å²) in [5, 5.41) is 9.66. The monoisotopic (exact) mass is 206 g/mol. The number of rotatable bonds is 0. The van der Waals surface area contributed by atoms with Crippen LogP contribution in [0.1, 0.15) is 40.5 Å². The highest BCUT2D eigenvalue weighted by molar-refractivity contribution is 5.93. The molecule has 2 nitrogen and oxygen atoms in total. The Kier molecular flexibility index (Phi) is 3.36. The maximum absolute atomic E-state index is 10.8. The van der Waals surface area contributed by atoms with Gasteiger partial charge in [0.2, 0.25) is 5.78 Å². The molecule has 1 N–H and O–H groups in total. The Morgan fingerprint density at radius 2 is 2.13 bits per heavy atom. The van der Waals surface area contributed by atoms with Gasteiger partial charge in [0.05, 0.1) is 6.10 Å².